The number of anilines is 1. The Morgan fingerprint density at radius 2 is 1.70 bits per heavy atom. The molecule has 5 aromatic rings. The van der Waals surface area contributed by atoms with E-state index >= 15 is 0 Å². The third-order valence-corrected chi connectivity index (χ3v) is 7.45. The summed E-state index contributed by atoms with van der Waals surface area (Å²) in [6, 6.07) is 22.8. The highest BCUT2D eigenvalue weighted by Gasteiger charge is 2.17. The highest BCUT2D eigenvalue weighted by molar-refractivity contribution is 7.98. The van der Waals surface area contributed by atoms with Crippen LogP contribution in [0.15, 0.2) is 93.7 Å². The normalized spacial score (nSPS) is 13.9. The molecule has 3 aromatic heterocycles. The lowest BCUT2D eigenvalue weighted by Gasteiger charge is -2.29. The first-order valence-corrected chi connectivity index (χ1v) is 13.2. The van der Waals surface area contributed by atoms with Gasteiger partial charge in [-0.15, -0.1) is 0 Å². The fourth-order valence-electron chi connectivity index (χ4n) is 4.54. The van der Waals surface area contributed by atoms with Crippen LogP contribution in [0.4, 0.5) is 5.69 Å². The number of hydrogen-bond acceptors (Lipinski definition) is 7. The van der Waals surface area contributed by atoms with Crippen LogP contribution in [0.2, 0.25) is 0 Å². The second-order valence-electron chi connectivity index (χ2n) is 8.88. The van der Waals surface area contributed by atoms with Gasteiger partial charge in [0.1, 0.15) is 5.65 Å². The molecule has 0 unspecified atom stereocenters. The number of nitrogens with zero attached hydrogens (tertiary/aromatic N) is 5. The summed E-state index contributed by atoms with van der Waals surface area (Å²) in [5.41, 5.74) is 3.68. The number of benzene rings is 2. The van der Waals surface area contributed by atoms with E-state index in [0.29, 0.717) is 52.9 Å². The van der Waals surface area contributed by atoms with Gasteiger partial charge in [0.15, 0.2) is 5.16 Å². The maximum Gasteiger partial charge on any atom is 0.262 e. The van der Waals surface area contributed by atoms with Gasteiger partial charge in [-0.05, 0) is 35.9 Å². The SMILES string of the molecule is O=c1c2cc(N3CCOCC3)ccc2nc(SCc2cc(=O)n3ccccc3n2)n1Cc1ccccc1. The highest BCUT2D eigenvalue weighted by atomic mass is 32.2. The molecule has 1 fully saturated rings. The quantitative estimate of drug-likeness (QED) is 0.255. The predicted octanol–water partition coefficient (Wildman–Crippen LogP) is 3.58. The van der Waals surface area contributed by atoms with Crippen LogP contribution < -0.4 is 16.0 Å². The number of pyridine rings is 1. The zero-order valence-electron chi connectivity index (χ0n) is 20.1. The molecule has 0 radical (unpaired) electrons. The van der Waals surface area contributed by atoms with E-state index in [1.54, 1.807) is 22.9 Å². The van der Waals surface area contributed by atoms with E-state index in [0.717, 1.165) is 24.3 Å². The largest absolute Gasteiger partial charge is 0.378 e. The topological polar surface area (TPSA) is 81.7 Å². The zero-order valence-corrected chi connectivity index (χ0v) is 20.9. The summed E-state index contributed by atoms with van der Waals surface area (Å²) >= 11 is 1.41. The summed E-state index contributed by atoms with van der Waals surface area (Å²) in [7, 11) is 0. The molecule has 8 nitrogen and oxygen atoms in total. The molecule has 0 bridgehead atoms. The van der Waals surface area contributed by atoms with Crippen molar-refractivity contribution in [3.8, 4) is 0 Å². The summed E-state index contributed by atoms with van der Waals surface area (Å²) < 4.78 is 8.71. The maximum absolute atomic E-state index is 13.8. The van der Waals surface area contributed by atoms with Crippen LogP contribution in [-0.2, 0) is 17.0 Å². The second-order valence-corrected chi connectivity index (χ2v) is 9.82. The Balaban J connectivity index is 1.39. The fourth-order valence-corrected chi connectivity index (χ4v) is 5.43. The van der Waals surface area contributed by atoms with Crippen molar-refractivity contribution < 1.29 is 4.74 Å². The zero-order chi connectivity index (χ0) is 25.2. The molecule has 37 heavy (non-hydrogen) atoms. The van der Waals surface area contributed by atoms with Crippen molar-refractivity contribution in [2.75, 3.05) is 31.2 Å². The molecule has 0 atom stereocenters. The molecule has 0 spiro atoms. The fraction of sp³-hybridized carbons (Fsp3) is 0.214. The second kappa shape index (κ2) is 10.2. The van der Waals surface area contributed by atoms with E-state index < -0.39 is 0 Å². The predicted molar refractivity (Wildman–Crippen MR) is 146 cm³/mol. The molecule has 9 heteroatoms. The third kappa shape index (κ3) is 4.87. The number of rotatable bonds is 6. The smallest absolute Gasteiger partial charge is 0.262 e. The molecule has 6 rings (SSSR count). The number of ether oxygens (including phenoxy) is 1. The van der Waals surface area contributed by atoms with Gasteiger partial charge in [0, 0.05) is 36.8 Å². The van der Waals surface area contributed by atoms with E-state index in [1.165, 1.54) is 22.2 Å². The van der Waals surface area contributed by atoms with Crippen LogP contribution >= 0.6 is 11.8 Å². The monoisotopic (exact) mass is 511 g/mol. The van der Waals surface area contributed by atoms with Gasteiger partial charge in [0.25, 0.3) is 11.1 Å². The summed E-state index contributed by atoms with van der Waals surface area (Å²) in [5.74, 6) is 0.416. The van der Waals surface area contributed by atoms with Crippen LogP contribution in [-0.4, -0.2) is 45.2 Å². The van der Waals surface area contributed by atoms with Crippen LogP contribution in [0.1, 0.15) is 11.3 Å². The Hall–Kier alpha value is -3.95. The Kier molecular flexibility index (Phi) is 6.46. The summed E-state index contributed by atoms with van der Waals surface area (Å²) in [5, 5.41) is 1.18. The van der Waals surface area contributed by atoms with E-state index in [-0.39, 0.29) is 11.1 Å². The standard InChI is InChI=1S/C28H25N5O3S/c34-26-16-21(29-25-8-4-5-11-32(25)26)19-37-28-30-24-10-9-22(31-12-14-36-15-13-31)17-23(24)27(35)33(28)18-20-6-2-1-3-7-20/h1-11,16-17H,12-15,18-19H2. The molecule has 186 valence electrons. The summed E-state index contributed by atoms with van der Waals surface area (Å²) in [4.78, 5) is 38.1. The summed E-state index contributed by atoms with van der Waals surface area (Å²) in [6.07, 6.45) is 1.70. The van der Waals surface area contributed by atoms with Crippen LogP contribution in [0.3, 0.4) is 0 Å². The Morgan fingerprint density at radius 3 is 2.54 bits per heavy atom. The Bertz CT molecular complexity index is 1690. The van der Waals surface area contributed by atoms with Gasteiger partial charge in [-0.3, -0.25) is 18.6 Å². The highest BCUT2D eigenvalue weighted by Crippen LogP contribution is 2.25. The van der Waals surface area contributed by atoms with Gasteiger partial charge >= 0.3 is 0 Å². The van der Waals surface area contributed by atoms with E-state index in [9.17, 15) is 9.59 Å². The minimum Gasteiger partial charge on any atom is -0.378 e. The molecule has 0 N–H and O–H groups in total. The Morgan fingerprint density at radius 1 is 0.892 bits per heavy atom. The van der Waals surface area contributed by atoms with Crippen molar-refractivity contribution >= 4 is 34.0 Å². The van der Waals surface area contributed by atoms with Gasteiger partial charge in [0.2, 0.25) is 0 Å². The van der Waals surface area contributed by atoms with Crippen molar-refractivity contribution in [1.29, 1.82) is 0 Å². The van der Waals surface area contributed by atoms with Crippen molar-refractivity contribution in [2.24, 2.45) is 0 Å². The first kappa shape index (κ1) is 23.4. The number of aromatic nitrogens is 4. The number of fused-ring (bicyclic) bond motifs is 2. The van der Waals surface area contributed by atoms with Crippen LogP contribution in [0.25, 0.3) is 16.6 Å². The molecule has 2 aromatic carbocycles. The minimum atomic E-state index is -0.134. The lowest BCUT2D eigenvalue weighted by atomic mass is 10.2. The first-order chi connectivity index (χ1) is 18.2. The van der Waals surface area contributed by atoms with Crippen molar-refractivity contribution in [3.63, 3.8) is 0 Å². The first-order valence-electron chi connectivity index (χ1n) is 12.2. The van der Waals surface area contributed by atoms with Gasteiger partial charge in [-0.1, -0.05) is 48.2 Å². The maximum atomic E-state index is 13.8. The number of morpholine rings is 1. The molecule has 4 heterocycles. The summed E-state index contributed by atoms with van der Waals surface area (Å²) in [6.45, 7) is 3.35. The number of hydrogen-bond donors (Lipinski definition) is 0. The minimum absolute atomic E-state index is 0.0852. The molecule has 1 aliphatic heterocycles. The molecule has 1 saturated heterocycles. The van der Waals surface area contributed by atoms with Crippen molar-refractivity contribution in [1.82, 2.24) is 18.9 Å². The van der Waals surface area contributed by atoms with E-state index in [2.05, 4.69) is 9.88 Å². The lowest BCUT2D eigenvalue weighted by Crippen LogP contribution is -2.36. The van der Waals surface area contributed by atoms with Gasteiger partial charge in [0.05, 0.1) is 36.4 Å². The molecule has 0 aliphatic carbocycles. The molecular weight excluding hydrogens is 486 g/mol. The van der Waals surface area contributed by atoms with Gasteiger partial charge < -0.3 is 9.64 Å². The van der Waals surface area contributed by atoms with E-state index in [1.807, 2.05) is 54.6 Å². The molecule has 0 saturated carbocycles. The molecule has 1 aliphatic rings. The lowest BCUT2D eigenvalue weighted by molar-refractivity contribution is 0.122. The number of thioether (sulfide) groups is 1. The third-order valence-electron chi connectivity index (χ3n) is 6.44. The average molecular weight is 512 g/mol. The van der Waals surface area contributed by atoms with Gasteiger partial charge in [-0.2, -0.15) is 0 Å². The van der Waals surface area contributed by atoms with E-state index in [4.69, 9.17) is 9.72 Å². The molecular formula is C28H25N5O3S. The average Bonchev–Trinajstić information content (AvgIpc) is 2.94. The Labute approximate surface area is 217 Å². The van der Waals surface area contributed by atoms with Gasteiger partial charge in [-0.25, -0.2) is 9.97 Å². The van der Waals surface area contributed by atoms with Crippen LogP contribution in [0.5, 0.6) is 0 Å². The van der Waals surface area contributed by atoms with Crippen molar-refractivity contribution in [3.05, 3.63) is 111 Å². The van der Waals surface area contributed by atoms with Crippen molar-refractivity contribution in [2.45, 2.75) is 17.5 Å². The van der Waals surface area contributed by atoms with Crippen LogP contribution in [0, 0.1) is 0 Å². The molecule has 0 amide bonds.